The zero-order valence-corrected chi connectivity index (χ0v) is 15.1. The first-order valence-corrected chi connectivity index (χ1v) is 8.86. The van der Waals surface area contributed by atoms with E-state index in [-0.39, 0.29) is 5.91 Å². The average Bonchev–Trinajstić information content (AvgIpc) is 3.31. The van der Waals surface area contributed by atoms with Gasteiger partial charge in [-0.2, -0.15) is 0 Å². The van der Waals surface area contributed by atoms with Crippen molar-refractivity contribution < 1.29 is 4.79 Å². The van der Waals surface area contributed by atoms with Crippen LogP contribution in [0, 0.1) is 13.8 Å². The highest BCUT2D eigenvalue weighted by atomic mass is 16.2. The molecule has 1 aliphatic rings. The van der Waals surface area contributed by atoms with Gasteiger partial charge in [-0.05, 0) is 49.8 Å². The molecule has 0 saturated heterocycles. The van der Waals surface area contributed by atoms with Gasteiger partial charge in [0.1, 0.15) is 5.65 Å². The summed E-state index contributed by atoms with van der Waals surface area (Å²) >= 11 is 0. The topological polar surface area (TPSA) is 62.2 Å². The highest BCUT2D eigenvalue weighted by Gasteiger charge is 2.25. The van der Waals surface area contributed by atoms with Crippen LogP contribution in [0.2, 0.25) is 0 Å². The molecule has 0 saturated carbocycles. The number of H-pyrrole nitrogens is 1. The molecule has 0 bridgehead atoms. The van der Waals surface area contributed by atoms with E-state index in [1.165, 1.54) is 0 Å². The lowest BCUT2D eigenvalue weighted by atomic mass is 10.0. The van der Waals surface area contributed by atoms with Crippen molar-refractivity contribution in [2.45, 2.75) is 13.8 Å². The lowest BCUT2D eigenvalue weighted by Crippen LogP contribution is -2.03. The summed E-state index contributed by atoms with van der Waals surface area (Å²) in [5.41, 5.74) is 8.52. The Labute approximate surface area is 156 Å². The predicted molar refractivity (Wildman–Crippen MR) is 107 cm³/mol. The first kappa shape index (κ1) is 15.6. The molecule has 1 aromatic carbocycles. The van der Waals surface area contributed by atoms with Crippen LogP contribution in [0.1, 0.15) is 22.5 Å². The Morgan fingerprint density at radius 1 is 1.11 bits per heavy atom. The molecule has 0 radical (unpaired) electrons. The number of hydrogen-bond donors (Lipinski definition) is 2. The van der Waals surface area contributed by atoms with Crippen LogP contribution in [0.4, 0.5) is 5.69 Å². The van der Waals surface area contributed by atoms with Gasteiger partial charge in [-0.25, -0.2) is 4.98 Å². The number of nitrogens with one attached hydrogen (secondary N) is 2. The van der Waals surface area contributed by atoms with Gasteiger partial charge in [-0.15, -0.1) is 0 Å². The number of benzene rings is 1. The van der Waals surface area contributed by atoms with Crippen LogP contribution < -0.4 is 5.32 Å². The third-order valence-corrected chi connectivity index (χ3v) is 4.99. The summed E-state index contributed by atoms with van der Waals surface area (Å²) in [6, 6.07) is 14.1. The number of pyridine rings is 1. The van der Waals surface area contributed by atoms with Gasteiger partial charge < -0.3 is 10.3 Å². The maximum atomic E-state index is 12.6. The fraction of sp³-hybridized carbons (Fsp3) is 0.0909. The number of imidazole rings is 1. The fourth-order valence-corrected chi connectivity index (χ4v) is 3.69. The van der Waals surface area contributed by atoms with Crippen molar-refractivity contribution in [2.24, 2.45) is 0 Å². The number of fused-ring (bicyclic) bond motifs is 2. The Hall–Kier alpha value is -3.60. The summed E-state index contributed by atoms with van der Waals surface area (Å²) in [7, 11) is 0. The molecule has 27 heavy (non-hydrogen) atoms. The molecular weight excluding hydrogens is 336 g/mol. The van der Waals surface area contributed by atoms with E-state index in [4.69, 9.17) is 0 Å². The van der Waals surface area contributed by atoms with Gasteiger partial charge in [0.05, 0.1) is 17.5 Å². The molecular formula is C22H18N4O. The van der Waals surface area contributed by atoms with Crippen molar-refractivity contribution in [1.29, 1.82) is 0 Å². The van der Waals surface area contributed by atoms with Crippen molar-refractivity contribution in [3.05, 3.63) is 77.4 Å². The molecule has 5 rings (SSSR count). The zero-order chi connectivity index (χ0) is 18.5. The van der Waals surface area contributed by atoms with Gasteiger partial charge in [0.15, 0.2) is 0 Å². The van der Waals surface area contributed by atoms with Crippen LogP contribution >= 0.6 is 0 Å². The molecule has 3 aromatic heterocycles. The summed E-state index contributed by atoms with van der Waals surface area (Å²) in [6.45, 7) is 4.05. The van der Waals surface area contributed by atoms with E-state index in [0.717, 1.165) is 45.1 Å². The second-order valence-corrected chi connectivity index (χ2v) is 6.89. The van der Waals surface area contributed by atoms with E-state index in [1.807, 2.05) is 73.1 Å². The summed E-state index contributed by atoms with van der Waals surface area (Å²) in [5, 5.41) is 2.99. The maximum Gasteiger partial charge on any atom is 0.256 e. The van der Waals surface area contributed by atoms with E-state index in [0.29, 0.717) is 5.57 Å². The molecule has 5 heteroatoms. The number of anilines is 1. The third kappa shape index (κ3) is 2.47. The largest absolute Gasteiger partial charge is 0.359 e. The number of aromatic amines is 1. The second-order valence-electron chi connectivity index (χ2n) is 6.89. The van der Waals surface area contributed by atoms with Gasteiger partial charge in [0.25, 0.3) is 5.91 Å². The molecule has 0 unspecified atom stereocenters. The molecule has 0 spiro atoms. The third-order valence-electron chi connectivity index (χ3n) is 4.99. The minimum Gasteiger partial charge on any atom is -0.359 e. The standard InChI is InChI=1S/C22H18N4O/c1-13-9-14(2)24-18(13)11-17-16-7-6-15(10-19(16)25-22(17)27)20-12-23-21-5-3-4-8-26(20)21/h3-12,24H,1-2H3,(H,25,27)/b17-11-. The molecule has 5 nitrogen and oxygen atoms in total. The first-order chi connectivity index (χ1) is 13.1. The van der Waals surface area contributed by atoms with E-state index >= 15 is 0 Å². The molecule has 1 amide bonds. The Kier molecular flexibility index (Phi) is 3.31. The van der Waals surface area contributed by atoms with Gasteiger partial charge in [-0.1, -0.05) is 18.2 Å². The quantitative estimate of drug-likeness (QED) is 0.523. The summed E-state index contributed by atoms with van der Waals surface area (Å²) < 4.78 is 2.04. The molecule has 4 aromatic rings. The Morgan fingerprint density at radius 2 is 2.00 bits per heavy atom. The number of rotatable bonds is 2. The lowest BCUT2D eigenvalue weighted by molar-refractivity contribution is -0.110. The van der Waals surface area contributed by atoms with Crippen LogP contribution in [0.5, 0.6) is 0 Å². The van der Waals surface area contributed by atoms with Crippen LogP contribution in [-0.4, -0.2) is 20.3 Å². The lowest BCUT2D eigenvalue weighted by Gasteiger charge is -2.05. The van der Waals surface area contributed by atoms with Gasteiger partial charge in [-0.3, -0.25) is 9.20 Å². The average molecular weight is 354 g/mol. The number of carbonyl (C=O) groups is 1. The SMILES string of the molecule is Cc1cc(C)c(/C=C2\C(=O)Nc3cc(-c4cnc5ccccn45)ccc32)[nH]1. The monoisotopic (exact) mass is 354 g/mol. The van der Waals surface area contributed by atoms with Crippen LogP contribution in [-0.2, 0) is 4.79 Å². The molecule has 0 fully saturated rings. The zero-order valence-electron chi connectivity index (χ0n) is 15.1. The van der Waals surface area contributed by atoms with E-state index in [9.17, 15) is 4.79 Å². The maximum absolute atomic E-state index is 12.6. The molecule has 132 valence electrons. The van der Waals surface area contributed by atoms with Gasteiger partial charge in [0.2, 0.25) is 0 Å². The molecule has 0 atom stereocenters. The molecule has 2 N–H and O–H groups in total. The van der Waals surface area contributed by atoms with Crippen molar-refractivity contribution in [3.8, 4) is 11.3 Å². The minimum atomic E-state index is -0.0769. The van der Waals surface area contributed by atoms with Crippen molar-refractivity contribution in [2.75, 3.05) is 5.32 Å². The number of hydrogen-bond acceptors (Lipinski definition) is 2. The summed E-state index contributed by atoms with van der Waals surface area (Å²) in [5.74, 6) is -0.0769. The van der Waals surface area contributed by atoms with E-state index in [1.54, 1.807) is 0 Å². The highest BCUT2D eigenvalue weighted by Crippen LogP contribution is 2.36. The highest BCUT2D eigenvalue weighted by molar-refractivity contribution is 6.35. The number of carbonyl (C=O) groups excluding carboxylic acids is 1. The Bertz CT molecular complexity index is 1240. The molecule has 4 heterocycles. The van der Waals surface area contributed by atoms with Crippen LogP contribution in [0.3, 0.4) is 0 Å². The fourth-order valence-electron chi connectivity index (χ4n) is 3.69. The van der Waals surface area contributed by atoms with Crippen molar-refractivity contribution in [1.82, 2.24) is 14.4 Å². The predicted octanol–water partition coefficient (Wildman–Crippen LogP) is 4.44. The van der Waals surface area contributed by atoms with Crippen molar-refractivity contribution in [3.63, 3.8) is 0 Å². The number of amides is 1. The van der Waals surface area contributed by atoms with Gasteiger partial charge in [0, 0.05) is 34.4 Å². The Balaban J connectivity index is 1.60. The van der Waals surface area contributed by atoms with Crippen LogP contribution in [0.25, 0.3) is 28.6 Å². The summed E-state index contributed by atoms with van der Waals surface area (Å²) in [4.78, 5) is 20.3. The molecule has 1 aliphatic heterocycles. The number of aromatic nitrogens is 3. The van der Waals surface area contributed by atoms with Crippen molar-refractivity contribution >= 4 is 28.9 Å². The normalized spacial score (nSPS) is 14.7. The second kappa shape index (κ2) is 5.71. The Morgan fingerprint density at radius 3 is 2.81 bits per heavy atom. The smallest absolute Gasteiger partial charge is 0.256 e. The molecule has 0 aliphatic carbocycles. The number of aryl methyl sites for hydroxylation is 2. The summed E-state index contributed by atoms with van der Waals surface area (Å²) in [6.07, 6.45) is 5.78. The minimum absolute atomic E-state index is 0.0769. The van der Waals surface area contributed by atoms with E-state index in [2.05, 4.69) is 21.4 Å². The first-order valence-electron chi connectivity index (χ1n) is 8.86. The van der Waals surface area contributed by atoms with E-state index < -0.39 is 0 Å². The van der Waals surface area contributed by atoms with Crippen LogP contribution in [0.15, 0.2) is 54.9 Å². The van der Waals surface area contributed by atoms with Gasteiger partial charge >= 0.3 is 0 Å². The number of nitrogens with zero attached hydrogens (tertiary/aromatic N) is 2.